The first-order valence-electron chi connectivity index (χ1n) is 3.55. The van der Waals surface area contributed by atoms with Gasteiger partial charge in [0.25, 0.3) is 0 Å². The lowest BCUT2D eigenvalue weighted by atomic mass is 9.99. The number of nitrogens with one attached hydrogen (secondary N) is 1. The van der Waals surface area contributed by atoms with E-state index in [1.165, 1.54) is 0 Å². The van der Waals surface area contributed by atoms with Crippen LogP contribution in [0.25, 0.3) is 0 Å². The van der Waals surface area contributed by atoms with Crippen molar-refractivity contribution in [3.63, 3.8) is 0 Å². The highest BCUT2D eigenvalue weighted by Crippen LogP contribution is 2.11. The minimum atomic E-state index is -0.954. The lowest BCUT2D eigenvalue weighted by Crippen LogP contribution is -2.42. The van der Waals surface area contributed by atoms with Crippen LogP contribution in [0.1, 0.15) is 26.7 Å². The van der Waals surface area contributed by atoms with Crippen LogP contribution in [0, 0.1) is 0 Å². The summed E-state index contributed by atoms with van der Waals surface area (Å²) in [6.07, 6.45) is 0.877. The Morgan fingerprint density at radius 2 is 2.18 bits per heavy atom. The lowest BCUT2D eigenvalue weighted by Gasteiger charge is -2.23. The fourth-order valence-corrected chi connectivity index (χ4v) is 1.14. The quantitative estimate of drug-likeness (QED) is 0.719. The van der Waals surface area contributed by atoms with E-state index >= 15 is 0 Å². The second-order valence-electron chi connectivity index (χ2n) is 3.11. The fourth-order valence-electron chi connectivity index (χ4n) is 0.861. The normalized spacial score (nSPS) is 11.2. The first-order chi connectivity index (χ1) is 4.98. The standard InChI is InChI=1S/C7H14BrNO2/c1-7(2,4-3-5-8)9-6(10)11/h9H,3-5H2,1-2H3,(H,10,11). The molecule has 4 heteroatoms. The molecule has 3 nitrogen and oxygen atoms in total. The summed E-state index contributed by atoms with van der Waals surface area (Å²) in [6.45, 7) is 3.76. The molecule has 0 aromatic carbocycles. The predicted molar refractivity (Wildman–Crippen MR) is 48.3 cm³/mol. The molecular formula is C7H14BrNO2. The van der Waals surface area contributed by atoms with Crippen LogP contribution in [0.5, 0.6) is 0 Å². The zero-order chi connectivity index (χ0) is 8.91. The summed E-state index contributed by atoms with van der Waals surface area (Å²) in [6, 6.07) is 0. The third-order valence-corrected chi connectivity index (χ3v) is 1.94. The number of hydrogen-bond acceptors (Lipinski definition) is 1. The third-order valence-electron chi connectivity index (χ3n) is 1.38. The third kappa shape index (κ3) is 6.16. The number of hydrogen-bond donors (Lipinski definition) is 2. The molecule has 0 aliphatic rings. The SMILES string of the molecule is CC(C)(CCCBr)NC(=O)O. The average molecular weight is 224 g/mol. The number of amides is 1. The number of carboxylic acid groups (broad SMARTS) is 1. The van der Waals surface area contributed by atoms with Crippen molar-refractivity contribution in [2.75, 3.05) is 5.33 Å². The van der Waals surface area contributed by atoms with E-state index in [0.29, 0.717) is 0 Å². The van der Waals surface area contributed by atoms with Gasteiger partial charge < -0.3 is 10.4 Å². The van der Waals surface area contributed by atoms with Crippen LogP contribution in [0.15, 0.2) is 0 Å². The highest BCUT2D eigenvalue weighted by atomic mass is 79.9. The zero-order valence-corrected chi connectivity index (χ0v) is 8.44. The molecule has 0 aromatic heterocycles. The molecule has 0 radical (unpaired) electrons. The highest BCUT2D eigenvalue weighted by Gasteiger charge is 2.18. The maximum atomic E-state index is 10.3. The predicted octanol–water partition coefficient (Wildman–Crippen LogP) is 2.21. The van der Waals surface area contributed by atoms with Gasteiger partial charge in [-0.25, -0.2) is 4.79 Å². The van der Waals surface area contributed by atoms with Gasteiger partial charge in [0.05, 0.1) is 0 Å². The molecule has 0 saturated heterocycles. The van der Waals surface area contributed by atoms with E-state index in [1.807, 2.05) is 13.8 Å². The second-order valence-corrected chi connectivity index (χ2v) is 3.90. The van der Waals surface area contributed by atoms with Gasteiger partial charge in [-0.2, -0.15) is 0 Å². The minimum Gasteiger partial charge on any atom is -0.465 e. The summed E-state index contributed by atoms with van der Waals surface area (Å²) in [5, 5.41) is 11.8. The molecule has 0 rings (SSSR count). The molecule has 0 heterocycles. The van der Waals surface area contributed by atoms with Crippen molar-refractivity contribution in [1.29, 1.82) is 0 Å². The van der Waals surface area contributed by atoms with E-state index in [0.717, 1.165) is 18.2 Å². The van der Waals surface area contributed by atoms with Crippen molar-refractivity contribution < 1.29 is 9.90 Å². The molecule has 0 aromatic rings. The number of rotatable bonds is 4. The van der Waals surface area contributed by atoms with E-state index in [4.69, 9.17) is 5.11 Å². The van der Waals surface area contributed by atoms with Gasteiger partial charge >= 0.3 is 6.09 Å². The van der Waals surface area contributed by atoms with Crippen molar-refractivity contribution in [3.05, 3.63) is 0 Å². The molecular weight excluding hydrogens is 210 g/mol. The summed E-state index contributed by atoms with van der Waals surface area (Å²) in [7, 11) is 0. The lowest BCUT2D eigenvalue weighted by molar-refractivity contribution is 0.180. The minimum absolute atomic E-state index is 0.306. The van der Waals surface area contributed by atoms with Gasteiger partial charge in [0.2, 0.25) is 0 Å². The molecule has 0 fully saturated rings. The molecule has 0 aliphatic carbocycles. The van der Waals surface area contributed by atoms with E-state index in [-0.39, 0.29) is 5.54 Å². The van der Waals surface area contributed by atoms with Crippen LogP contribution in [0.2, 0.25) is 0 Å². The number of carbonyl (C=O) groups is 1. The van der Waals surface area contributed by atoms with Crippen LogP contribution >= 0.6 is 15.9 Å². The topological polar surface area (TPSA) is 49.3 Å². The maximum absolute atomic E-state index is 10.3. The molecule has 11 heavy (non-hydrogen) atoms. The second kappa shape index (κ2) is 4.59. The van der Waals surface area contributed by atoms with Gasteiger partial charge in [-0.3, -0.25) is 0 Å². The number of halogens is 1. The van der Waals surface area contributed by atoms with Crippen molar-refractivity contribution in [2.24, 2.45) is 0 Å². The maximum Gasteiger partial charge on any atom is 0.405 e. The van der Waals surface area contributed by atoms with Crippen molar-refractivity contribution in [3.8, 4) is 0 Å². The van der Waals surface area contributed by atoms with Gasteiger partial charge in [-0.15, -0.1) is 0 Å². The molecule has 2 N–H and O–H groups in total. The molecule has 0 unspecified atom stereocenters. The number of alkyl halides is 1. The Balaban J connectivity index is 3.70. The Kier molecular flexibility index (Phi) is 4.49. The van der Waals surface area contributed by atoms with Gasteiger partial charge in [0.1, 0.15) is 0 Å². The van der Waals surface area contributed by atoms with Crippen molar-refractivity contribution >= 4 is 22.0 Å². The van der Waals surface area contributed by atoms with Crippen LogP contribution in [0.3, 0.4) is 0 Å². The van der Waals surface area contributed by atoms with Crippen molar-refractivity contribution in [1.82, 2.24) is 5.32 Å². The Morgan fingerprint density at radius 1 is 1.64 bits per heavy atom. The molecule has 1 amide bonds. The largest absolute Gasteiger partial charge is 0.465 e. The Morgan fingerprint density at radius 3 is 2.55 bits per heavy atom. The molecule has 0 bridgehead atoms. The first kappa shape index (κ1) is 10.8. The van der Waals surface area contributed by atoms with E-state index in [9.17, 15) is 4.79 Å². The van der Waals surface area contributed by atoms with Gasteiger partial charge in [-0.05, 0) is 26.7 Å². The fraction of sp³-hybridized carbons (Fsp3) is 0.857. The summed E-state index contributed by atoms with van der Waals surface area (Å²) in [5.41, 5.74) is -0.306. The van der Waals surface area contributed by atoms with E-state index in [1.54, 1.807) is 0 Å². The Hall–Kier alpha value is -0.250. The summed E-state index contributed by atoms with van der Waals surface area (Å²) in [4.78, 5) is 10.3. The monoisotopic (exact) mass is 223 g/mol. The van der Waals surface area contributed by atoms with Crippen LogP contribution in [-0.2, 0) is 0 Å². The van der Waals surface area contributed by atoms with Gasteiger partial charge in [-0.1, -0.05) is 15.9 Å². The van der Waals surface area contributed by atoms with E-state index in [2.05, 4.69) is 21.2 Å². The molecule has 66 valence electrons. The highest BCUT2D eigenvalue weighted by molar-refractivity contribution is 9.09. The molecule has 0 atom stereocenters. The molecule has 0 spiro atoms. The summed E-state index contributed by atoms with van der Waals surface area (Å²) >= 11 is 3.29. The van der Waals surface area contributed by atoms with Gasteiger partial charge in [0, 0.05) is 10.9 Å². The van der Waals surface area contributed by atoms with Crippen LogP contribution in [0.4, 0.5) is 4.79 Å². The first-order valence-corrected chi connectivity index (χ1v) is 4.67. The molecule has 0 saturated carbocycles. The summed E-state index contributed by atoms with van der Waals surface area (Å²) in [5.74, 6) is 0. The van der Waals surface area contributed by atoms with Crippen molar-refractivity contribution in [2.45, 2.75) is 32.2 Å². The van der Waals surface area contributed by atoms with Gasteiger partial charge in [0.15, 0.2) is 0 Å². The van der Waals surface area contributed by atoms with E-state index < -0.39 is 6.09 Å². The summed E-state index contributed by atoms with van der Waals surface area (Å²) < 4.78 is 0. The molecule has 0 aliphatic heterocycles. The van der Waals surface area contributed by atoms with Crippen LogP contribution < -0.4 is 5.32 Å². The smallest absolute Gasteiger partial charge is 0.405 e. The Labute approximate surface area is 75.3 Å². The zero-order valence-electron chi connectivity index (χ0n) is 6.85. The average Bonchev–Trinajstić information content (AvgIpc) is 1.81. The Bertz CT molecular complexity index is 136. The van der Waals surface area contributed by atoms with Crippen LogP contribution in [-0.4, -0.2) is 22.1 Å².